The Bertz CT molecular complexity index is 2080. The Kier molecular flexibility index (Phi) is 8.29. The molecule has 3 aliphatic rings. The number of nitriles is 1. The second-order valence-electron chi connectivity index (χ2n) is 13.2. The molecule has 0 bridgehead atoms. The zero-order valence-corrected chi connectivity index (χ0v) is 27.1. The largest absolute Gasteiger partial charge is 0.508 e. The maximum atomic E-state index is 16.9. The van der Waals surface area contributed by atoms with Gasteiger partial charge in [0.2, 0.25) is 5.91 Å². The van der Waals surface area contributed by atoms with Crippen LogP contribution in [0.3, 0.4) is 0 Å². The van der Waals surface area contributed by atoms with E-state index in [1.165, 1.54) is 36.5 Å². The van der Waals surface area contributed by atoms with Gasteiger partial charge in [0.1, 0.15) is 35.2 Å². The molecule has 49 heavy (non-hydrogen) atoms. The minimum Gasteiger partial charge on any atom is -0.508 e. The fraction of sp³-hybridized carbons (Fsp3) is 0.378. The first-order valence-electron chi connectivity index (χ1n) is 16.4. The molecule has 2 aromatic carbocycles. The van der Waals surface area contributed by atoms with Crippen molar-refractivity contribution in [2.24, 2.45) is 5.92 Å². The first kappa shape index (κ1) is 32.2. The number of amides is 1. The van der Waals surface area contributed by atoms with Gasteiger partial charge in [0, 0.05) is 37.3 Å². The average molecular weight is 664 g/mol. The van der Waals surface area contributed by atoms with Gasteiger partial charge in [-0.1, -0.05) is 18.6 Å². The van der Waals surface area contributed by atoms with Crippen LogP contribution in [0.5, 0.6) is 11.8 Å². The van der Waals surface area contributed by atoms with Gasteiger partial charge in [-0.3, -0.25) is 14.7 Å². The molecule has 5 heterocycles. The number of phenolic OH excluding ortho intramolecular Hbond substituents is 1. The first-order valence-corrected chi connectivity index (χ1v) is 16.4. The van der Waals surface area contributed by atoms with Crippen LogP contribution >= 0.6 is 0 Å². The van der Waals surface area contributed by atoms with E-state index in [4.69, 9.17) is 16.1 Å². The lowest BCUT2D eigenvalue weighted by molar-refractivity contribution is -0.126. The predicted molar refractivity (Wildman–Crippen MR) is 181 cm³/mol. The van der Waals surface area contributed by atoms with E-state index in [-0.39, 0.29) is 81.4 Å². The van der Waals surface area contributed by atoms with Crippen molar-refractivity contribution >= 4 is 33.4 Å². The zero-order chi connectivity index (χ0) is 34.4. The van der Waals surface area contributed by atoms with E-state index in [1.54, 1.807) is 16.8 Å². The summed E-state index contributed by atoms with van der Waals surface area (Å²) in [4.78, 5) is 32.3. The Balaban J connectivity index is 1.35. The predicted octanol–water partition coefficient (Wildman–Crippen LogP) is 5.18. The molecule has 0 aliphatic carbocycles. The molecule has 0 saturated carbocycles. The number of carbonyl (C=O) groups excluding carboxylic acids is 1. The van der Waals surface area contributed by atoms with Gasteiger partial charge in [-0.2, -0.15) is 15.2 Å². The number of likely N-dealkylation sites (N-methyl/N-ethyl adjacent to an activating group) is 1. The fourth-order valence-electron chi connectivity index (χ4n) is 7.95. The number of pyridine rings is 1. The van der Waals surface area contributed by atoms with Crippen molar-refractivity contribution in [2.45, 2.75) is 43.7 Å². The summed E-state index contributed by atoms with van der Waals surface area (Å²) in [5.74, 6) is 0.419. The second kappa shape index (κ2) is 12.6. The van der Waals surface area contributed by atoms with Gasteiger partial charge in [0.05, 0.1) is 34.5 Å². The third-order valence-corrected chi connectivity index (χ3v) is 10.3. The third-order valence-electron chi connectivity index (χ3n) is 10.3. The van der Waals surface area contributed by atoms with Crippen LogP contribution < -0.4 is 9.64 Å². The summed E-state index contributed by atoms with van der Waals surface area (Å²) in [6.45, 7) is 6.53. The van der Waals surface area contributed by atoms with Crippen LogP contribution in [-0.2, 0) is 4.79 Å². The minimum absolute atomic E-state index is 0.0185. The number of hydrogen-bond acceptors (Lipinski definition) is 9. The van der Waals surface area contributed by atoms with Crippen LogP contribution in [0.25, 0.3) is 32.9 Å². The minimum atomic E-state index is -0.825. The lowest BCUT2D eigenvalue weighted by Crippen LogP contribution is -2.43. The summed E-state index contributed by atoms with van der Waals surface area (Å²) >= 11 is 0. The summed E-state index contributed by atoms with van der Waals surface area (Å²) in [7, 11) is 1.77. The van der Waals surface area contributed by atoms with Gasteiger partial charge in [-0.15, -0.1) is 6.42 Å². The van der Waals surface area contributed by atoms with E-state index in [1.807, 2.05) is 0 Å². The number of fused-ring (bicyclic) bond motifs is 3. The van der Waals surface area contributed by atoms with Gasteiger partial charge < -0.3 is 19.6 Å². The third kappa shape index (κ3) is 5.56. The molecule has 250 valence electrons. The lowest BCUT2D eigenvalue weighted by atomic mass is 9.95. The summed E-state index contributed by atoms with van der Waals surface area (Å²) < 4.78 is 38.1. The van der Waals surface area contributed by atoms with Crippen LogP contribution in [0.1, 0.15) is 37.7 Å². The molecule has 1 N–H and O–H groups in total. The SMILES string of the molecule is C#Cc1c(F)ccc2cc(O)cc(-c3ncc4c(N(C)C[C@@H]5CC(C#N)CN5C(=O)C=C)nc(OCC56CCCN5CCC6)nc4c3F)c12. The average Bonchev–Trinajstić information content (AvgIpc) is 3.81. The van der Waals surface area contributed by atoms with Crippen LogP contribution in [0.2, 0.25) is 0 Å². The number of hydrogen-bond donors (Lipinski definition) is 1. The van der Waals surface area contributed by atoms with Crippen LogP contribution in [0, 0.1) is 41.2 Å². The number of aromatic hydroxyl groups is 1. The Hall–Kier alpha value is -5.33. The van der Waals surface area contributed by atoms with Crippen molar-refractivity contribution < 1.29 is 23.4 Å². The van der Waals surface area contributed by atoms with Gasteiger partial charge in [0.25, 0.3) is 0 Å². The van der Waals surface area contributed by atoms with E-state index in [0.29, 0.717) is 24.2 Å². The molecule has 12 heteroatoms. The Morgan fingerprint density at radius 3 is 2.76 bits per heavy atom. The van der Waals surface area contributed by atoms with Crippen molar-refractivity contribution in [3.8, 4) is 41.4 Å². The van der Waals surface area contributed by atoms with E-state index >= 15 is 4.39 Å². The van der Waals surface area contributed by atoms with E-state index in [2.05, 4.69) is 33.4 Å². The number of aromatic nitrogens is 3. The Morgan fingerprint density at radius 2 is 2.04 bits per heavy atom. The van der Waals surface area contributed by atoms with E-state index in [9.17, 15) is 19.6 Å². The molecule has 2 atom stereocenters. The van der Waals surface area contributed by atoms with Gasteiger partial charge in [-0.25, -0.2) is 8.78 Å². The number of phenols is 1. The second-order valence-corrected chi connectivity index (χ2v) is 13.2. The standard InChI is InChI=1S/C37H35F2N7O3/c1-4-26-29(38)9-8-23-15-25(47)16-27(31(23)26)33-32(39)34-28(18-41-33)35(44(3)20-24-14-22(17-40)19-46(24)30(48)5-2)43-36(42-34)49-21-37-10-6-12-45(37)13-7-11-37/h1,5,8-9,15-16,18,22,24,47H,2,6-7,10-14,19-21H2,3H3/t22?,24-/m0/s1. The molecule has 0 radical (unpaired) electrons. The highest BCUT2D eigenvalue weighted by atomic mass is 19.1. The molecule has 4 aromatic rings. The van der Waals surface area contributed by atoms with Gasteiger partial charge >= 0.3 is 6.01 Å². The molecule has 3 saturated heterocycles. The smallest absolute Gasteiger partial charge is 0.319 e. The summed E-state index contributed by atoms with van der Waals surface area (Å²) in [5.41, 5.74) is -0.357. The number of anilines is 1. The molecule has 2 aromatic heterocycles. The molecule has 0 spiro atoms. The number of ether oxygens (including phenoxy) is 1. The molecule has 1 amide bonds. The first-order chi connectivity index (χ1) is 23.7. The zero-order valence-electron chi connectivity index (χ0n) is 27.1. The molecule has 3 aliphatic heterocycles. The highest BCUT2D eigenvalue weighted by Gasteiger charge is 2.45. The number of terminal acetylenes is 1. The molecule has 1 unspecified atom stereocenters. The van der Waals surface area contributed by atoms with Gasteiger partial charge in [0.15, 0.2) is 5.82 Å². The summed E-state index contributed by atoms with van der Waals surface area (Å²) in [6.07, 6.45) is 12.9. The maximum absolute atomic E-state index is 16.9. The highest BCUT2D eigenvalue weighted by Crippen LogP contribution is 2.41. The van der Waals surface area contributed by atoms with Crippen LogP contribution in [-0.4, -0.2) is 87.2 Å². The lowest BCUT2D eigenvalue weighted by Gasteiger charge is -2.31. The van der Waals surface area contributed by atoms with Crippen molar-refractivity contribution in [3.63, 3.8) is 0 Å². The number of nitrogens with zero attached hydrogens (tertiary/aromatic N) is 7. The molecular weight excluding hydrogens is 628 g/mol. The summed E-state index contributed by atoms with van der Waals surface area (Å²) in [5, 5.41) is 21.1. The topological polar surface area (TPSA) is 119 Å². The molecular formula is C37H35F2N7O3. The number of likely N-dealkylation sites (tertiary alicyclic amines) is 1. The monoisotopic (exact) mass is 663 g/mol. The Morgan fingerprint density at radius 1 is 1.27 bits per heavy atom. The molecule has 7 rings (SSSR count). The molecule has 10 nitrogen and oxygen atoms in total. The quantitative estimate of drug-likeness (QED) is 0.201. The number of carbonyl (C=O) groups is 1. The fourth-order valence-corrected chi connectivity index (χ4v) is 7.95. The Labute approximate surface area is 282 Å². The van der Waals surface area contributed by atoms with E-state index < -0.39 is 11.6 Å². The van der Waals surface area contributed by atoms with Crippen LogP contribution in [0.15, 0.2) is 43.1 Å². The van der Waals surface area contributed by atoms with Crippen molar-refractivity contribution in [1.82, 2.24) is 24.8 Å². The molecule has 3 fully saturated rings. The maximum Gasteiger partial charge on any atom is 0.319 e. The van der Waals surface area contributed by atoms with E-state index in [0.717, 1.165) is 38.8 Å². The number of rotatable bonds is 8. The normalized spacial score (nSPS) is 19.9. The van der Waals surface area contributed by atoms with Gasteiger partial charge in [-0.05, 0) is 74.9 Å². The highest BCUT2D eigenvalue weighted by molar-refractivity contribution is 6.03. The number of halogens is 2. The summed E-state index contributed by atoms with van der Waals surface area (Å²) in [6, 6.07) is 7.31. The van der Waals surface area contributed by atoms with Crippen molar-refractivity contribution in [3.05, 3.63) is 60.3 Å². The number of benzene rings is 2. The van der Waals surface area contributed by atoms with Crippen molar-refractivity contribution in [2.75, 3.05) is 44.7 Å². The van der Waals surface area contributed by atoms with Crippen molar-refractivity contribution in [1.29, 1.82) is 5.26 Å². The van der Waals surface area contributed by atoms with Crippen LogP contribution in [0.4, 0.5) is 14.6 Å².